The molecule has 0 saturated heterocycles. The summed E-state index contributed by atoms with van der Waals surface area (Å²) in [5, 5.41) is 0.665. The van der Waals surface area contributed by atoms with E-state index in [9.17, 15) is 9.18 Å². The van der Waals surface area contributed by atoms with E-state index in [1.807, 2.05) is 0 Å². The van der Waals surface area contributed by atoms with Gasteiger partial charge in [0.1, 0.15) is 16.0 Å². The lowest BCUT2D eigenvalue weighted by Gasteiger charge is -2.07. The number of hydrogen-bond donors (Lipinski definition) is 0. The summed E-state index contributed by atoms with van der Waals surface area (Å²) in [5.41, 5.74) is 1.46. The van der Waals surface area contributed by atoms with Crippen LogP contribution in [0.5, 0.6) is 0 Å². The molecule has 3 nitrogen and oxygen atoms in total. The van der Waals surface area contributed by atoms with Crippen LogP contribution < -0.4 is 5.63 Å². The Morgan fingerprint density at radius 3 is 2.22 bits per heavy atom. The minimum atomic E-state index is -0.319. The largest absolute Gasteiger partial charge is 0.403 e. The molecule has 4 rings (SSSR count). The molecule has 0 atom stereocenters. The highest BCUT2D eigenvalue weighted by molar-refractivity contribution is 7.18. The molecular formula is C22H24FNO2S. The highest BCUT2D eigenvalue weighted by Crippen LogP contribution is 2.33. The molecule has 5 heteroatoms. The second-order valence-electron chi connectivity index (χ2n) is 7.33. The van der Waals surface area contributed by atoms with Crippen LogP contribution in [-0.4, -0.2) is 4.98 Å². The van der Waals surface area contributed by atoms with Crippen molar-refractivity contribution in [2.24, 2.45) is 0 Å². The summed E-state index contributed by atoms with van der Waals surface area (Å²) in [5.74, 6) is -0.0509. The van der Waals surface area contributed by atoms with E-state index >= 15 is 0 Å². The fraction of sp³-hybridized carbons (Fsp3) is 0.455. The van der Waals surface area contributed by atoms with Crippen molar-refractivity contribution in [3.05, 3.63) is 50.9 Å². The van der Waals surface area contributed by atoms with E-state index in [4.69, 9.17) is 4.42 Å². The molecule has 27 heavy (non-hydrogen) atoms. The van der Waals surface area contributed by atoms with Crippen LogP contribution in [0.1, 0.15) is 61.8 Å². The average Bonchev–Trinajstić information content (AvgIpc) is 3.00. The Kier molecular flexibility index (Phi) is 5.67. The number of benzene rings is 1. The molecule has 2 heterocycles. The average molecular weight is 386 g/mol. The number of nitrogens with zero attached hydrogens (tertiary/aromatic N) is 1. The topological polar surface area (TPSA) is 43.1 Å². The summed E-state index contributed by atoms with van der Waals surface area (Å²) < 4.78 is 18.7. The van der Waals surface area contributed by atoms with Gasteiger partial charge in [0.15, 0.2) is 0 Å². The second-order valence-corrected chi connectivity index (χ2v) is 8.41. The highest BCUT2D eigenvalue weighted by atomic mass is 32.1. The zero-order chi connectivity index (χ0) is 18.6. The molecule has 0 bridgehead atoms. The SMILES string of the molecule is O=c1oc(-c2ccc(F)cc2)nc2sc3c(c12)CCCCCCCCCC3. The van der Waals surface area contributed by atoms with Crippen LogP contribution >= 0.6 is 11.3 Å². The first kappa shape index (κ1) is 18.4. The number of halogens is 1. The van der Waals surface area contributed by atoms with Crippen molar-refractivity contribution in [2.75, 3.05) is 0 Å². The summed E-state index contributed by atoms with van der Waals surface area (Å²) in [6.45, 7) is 0. The van der Waals surface area contributed by atoms with Gasteiger partial charge in [0, 0.05) is 10.4 Å². The number of aryl methyl sites for hydroxylation is 2. The third-order valence-corrected chi connectivity index (χ3v) is 6.53. The summed E-state index contributed by atoms with van der Waals surface area (Å²) in [6, 6.07) is 5.90. The molecule has 0 fully saturated rings. The highest BCUT2D eigenvalue weighted by Gasteiger charge is 2.19. The van der Waals surface area contributed by atoms with Gasteiger partial charge in [-0.1, -0.05) is 38.5 Å². The fourth-order valence-electron chi connectivity index (χ4n) is 3.87. The first-order valence-electron chi connectivity index (χ1n) is 9.94. The van der Waals surface area contributed by atoms with E-state index in [2.05, 4.69) is 4.98 Å². The molecule has 1 aliphatic rings. The van der Waals surface area contributed by atoms with Gasteiger partial charge in [-0.25, -0.2) is 14.2 Å². The Balaban J connectivity index is 1.74. The molecule has 142 valence electrons. The minimum absolute atomic E-state index is 0.268. The van der Waals surface area contributed by atoms with Crippen molar-refractivity contribution in [1.29, 1.82) is 0 Å². The molecular weight excluding hydrogens is 361 g/mol. The quantitative estimate of drug-likeness (QED) is 0.495. The Labute approximate surface area is 162 Å². The molecule has 0 aliphatic heterocycles. The lowest BCUT2D eigenvalue weighted by Crippen LogP contribution is -2.04. The fourth-order valence-corrected chi connectivity index (χ4v) is 5.12. The summed E-state index contributed by atoms with van der Waals surface area (Å²) in [4.78, 5) is 19.4. The monoisotopic (exact) mass is 385 g/mol. The van der Waals surface area contributed by atoms with Crippen LogP contribution in [0.3, 0.4) is 0 Å². The van der Waals surface area contributed by atoms with E-state index in [1.54, 1.807) is 23.5 Å². The van der Waals surface area contributed by atoms with E-state index in [0.29, 0.717) is 10.9 Å². The van der Waals surface area contributed by atoms with Gasteiger partial charge in [0.05, 0.1) is 0 Å². The second kappa shape index (κ2) is 8.34. The maximum Gasteiger partial charge on any atom is 0.348 e. The van der Waals surface area contributed by atoms with E-state index in [1.165, 1.54) is 55.5 Å². The van der Waals surface area contributed by atoms with Gasteiger partial charge in [-0.15, -0.1) is 11.3 Å². The predicted octanol–water partition coefficient (Wildman–Crippen LogP) is 6.28. The Morgan fingerprint density at radius 1 is 0.889 bits per heavy atom. The van der Waals surface area contributed by atoms with Crippen LogP contribution in [0.2, 0.25) is 0 Å². The summed E-state index contributed by atoms with van der Waals surface area (Å²) in [7, 11) is 0. The Morgan fingerprint density at radius 2 is 1.52 bits per heavy atom. The first-order valence-corrected chi connectivity index (χ1v) is 10.8. The normalized spacial score (nSPS) is 16.5. The maximum absolute atomic E-state index is 13.2. The van der Waals surface area contributed by atoms with Gasteiger partial charge in [-0.2, -0.15) is 0 Å². The molecule has 1 aromatic carbocycles. The molecule has 0 radical (unpaired) electrons. The van der Waals surface area contributed by atoms with Crippen LogP contribution in [0.25, 0.3) is 21.7 Å². The Hall–Kier alpha value is -2.01. The van der Waals surface area contributed by atoms with Crippen LogP contribution in [-0.2, 0) is 12.8 Å². The van der Waals surface area contributed by atoms with E-state index < -0.39 is 0 Å². The van der Waals surface area contributed by atoms with E-state index in [0.717, 1.165) is 36.1 Å². The zero-order valence-electron chi connectivity index (χ0n) is 15.4. The summed E-state index contributed by atoms with van der Waals surface area (Å²) >= 11 is 1.63. The molecule has 0 unspecified atom stereocenters. The summed E-state index contributed by atoms with van der Waals surface area (Å²) in [6.07, 6.45) is 11.9. The third kappa shape index (κ3) is 4.13. The lowest BCUT2D eigenvalue weighted by molar-refractivity contribution is 0.517. The Bertz CT molecular complexity index is 974. The van der Waals surface area contributed by atoms with Crippen molar-refractivity contribution in [2.45, 2.75) is 64.2 Å². The first-order chi connectivity index (χ1) is 13.2. The van der Waals surface area contributed by atoms with Crippen molar-refractivity contribution in [3.8, 4) is 11.5 Å². The number of aromatic nitrogens is 1. The zero-order valence-corrected chi connectivity index (χ0v) is 16.2. The molecule has 0 spiro atoms. The standard InChI is InChI=1S/C22H24FNO2S/c23-16-13-11-15(12-14-16)20-24-21-19(22(25)26-20)17-9-7-5-3-1-2-4-6-8-10-18(17)27-21/h11-14H,1-10H2. The minimum Gasteiger partial charge on any atom is -0.403 e. The number of hydrogen-bond acceptors (Lipinski definition) is 4. The van der Waals surface area contributed by atoms with Crippen molar-refractivity contribution in [3.63, 3.8) is 0 Å². The van der Waals surface area contributed by atoms with Gasteiger partial charge in [-0.3, -0.25) is 0 Å². The molecule has 1 aliphatic carbocycles. The molecule has 2 aromatic heterocycles. The molecule has 0 saturated carbocycles. The molecule has 0 N–H and O–H groups in total. The lowest BCUT2D eigenvalue weighted by atomic mass is 9.99. The third-order valence-electron chi connectivity index (χ3n) is 5.34. The maximum atomic E-state index is 13.2. The van der Waals surface area contributed by atoms with Crippen LogP contribution in [0, 0.1) is 5.82 Å². The predicted molar refractivity (Wildman–Crippen MR) is 108 cm³/mol. The van der Waals surface area contributed by atoms with Gasteiger partial charge in [-0.05, 0) is 55.5 Å². The van der Waals surface area contributed by atoms with Gasteiger partial charge < -0.3 is 4.42 Å². The van der Waals surface area contributed by atoms with E-state index in [-0.39, 0.29) is 17.3 Å². The number of rotatable bonds is 1. The van der Waals surface area contributed by atoms with Crippen molar-refractivity contribution >= 4 is 21.6 Å². The van der Waals surface area contributed by atoms with Gasteiger partial charge in [0.2, 0.25) is 5.89 Å². The van der Waals surface area contributed by atoms with Gasteiger partial charge in [0.25, 0.3) is 0 Å². The van der Waals surface area contributed by atoms with Crippen LogP contribution in [0.4, 0.5) is 4.39 Å². The van der Waals surface area contributed by atoms with Gasteiger partial charge >= 0.3 is 5.63 Å². The van der Waals surface area contributed by atoms with Crippen LogP contribution in [0.15, 0.2) is 33.5 Å². The molecule has 3 aromatic rings. The number of thiophene rings is 1. The smallest absolute Gasteiger partial charge is 0.348 e. The van der Waals surface area contributed by atoms with Crippen molar-refractivity contribution < 1.29 is 8.81 Å². The molecule has 0 amide bonds. The van der Waals surface area contributed by atoms with Crippen molar-refractivity contribution in [1.82, 2.24) is 4.98 Å². The number of fused-ring (bicyclic) bond motifs is 3.